The van der Waals surface area contributed by atoms with Gasteiger partial charge in [-0.05, 0) is 29.8 Å². The van der Waals surface area contributed by atoms with Gasteiger partial charge in [-0.25, -0.2) is 0 Å². The summed E-state index contributed by atoms with van der Waals surface area (Å²) >= 11 is 0. The summed E-state index contributed by atoms with van der Waals surface area (Å²) in [6.45, 7) is 0.338. The first-order valence-electron chi connectivity index (χ1n) is 5.79. The molecule has 0 aliphatic rings. The zero-order valence-electron chi connectivity index (χ0n) is 10.5. The number of hydrogen-bond donors (Lipinski definition) is 2. The van der Waals surface area contributed by atoms with Gasteiger partial charge in [0.25, 0.3) is 11.5 Å². The third-order valence-corrected chi connectivity index (χ3v) is 2.65. The van der Waals surface area contributed by atoms with E-state index in [1.807, 2.05) is 24.3 Å². The number of rotatable bonds is 4. The molecule has 5 heteroatoms. The summed E-state index contributed by atoms with van der Waals surface area (Å²) < 4.78 is 5.10. The van der Waals surface area contributed by atoms with Gasteiger partial charge in [0.15, 0.2) is 0 Å². The lowest BCUT2D eigenvalue weighted by Gasteiger charge is -2.06. The van der Waals surface area contributed by atoms with Crippen LogP contribution in [0.25, 0.3) is 0 Å². The number of nitrogens with one attached hydrogen (secondary N) is 2. The second kappa shape index (κ2) is 5.86. The van der Waals surface area contributed by atoms with Gasteiger partial charge >= 0.3 is 0 Å². The largest absolute Gasteiger partial charge is 0.497 e. The zero-order valence-corrected chi connectivity index (χ0v) is 10.5. The minimum absolute atomic E-state index is 0.102. The van der Waals surface area contributed by atoms with Crippen molar-refractivity contribution in [3.63, 3.8) is 0 Å². The van der Waals surface area contributed by atoms with Gasteiger partial charge in [-0.2, -0.15) is 0 Å². The Morgan fingerprint density at radius 3 is 2.89 bits per heavy atom. The van der Waals surface area contributed by atoms with E-state index in [2.05, 4.69) is 10.3 Å². The summed E-state index contributed by atoms with van der Waals surface area (Å²) in [5.41, 5.74) is 0.607. The lowest BCUT2D eigenvalue weighted by molar-refractivity contribution is 0.0949. The Balaban J connectivity index is 2.04. The monoisotopic (exact) mass is 258 g/mol. The lowest BCUT2D eigenvalue weighted by atomic mass is 10.2. The molecule has 0 radical (unpaired) electrons. The first-order chi connectivity index (χ1) is 9.20. The lowest BCUT2D eigenvalue weighted by Crippen LogP contribution is -2.28. The van der Waals surface area contributed by atoms with Crippen molar-refractivity contribution in [3.05, 3.63) is 64.1 Å². The number of amides is 1. The maximum absolute atomic E-state index is 11.8. The molecule has 19 heavy (non-hydrogen) atoms. The summed E-state index contributed by atoms with van der Waals surface area (Å²) in [4.78, 5) is 25.7. The smallest absolute Gasteiger partial charge is 0.260 e. The van der Waals surface area contributed by atoms with E-state index in [0.29, 0.717) is 6.54 Å². The fraction of sp³-hybridized carbons (Fsp3) is 0.143. The third kappa shape index (κ3) is 3.22. The van der Waals surface area contributed by atoms with Crippen molar-refractivity contribution in [1.82, 2.24) is 10.3 Å². The fourth-order valence-electron chi connectivity index (χ4n) is 1.66. The van der Waals surface area contributed by atoms with Gasteiger partial charge < -0.3 is 15.0 Å². The number of carbonyl (C=O) groups is 1. The Labute approximate surface area is 110 Å². The minimum Gasteiger partial charge on any atom is -0.497 e. The van der Waals surface area contributed by atoms with Gasteiger partial charge in [0.1, 0.15) is 11.3 Å². The number of aromatic nitrogens is 1. The number of aromatic amines is 1. The van der Waals surface area contributed by atoms with Crippen LogP contribution < -0.4 is 15.6 Å². The molecule has 5 nitrogen and oxygen atoms in total. The van der Waals surface area contributed by atoms with Gasteiger partial charge in [-0.1, -0.05) is 12.1 Å². The molecule has 1 aromatic heterocycles. The van der Waals surface area contributed by atoms with Crippen LogP contribution in [0.5, 0.6) is 5.75 Å². The third-order valence-electron chi connectivity index (χ3n) is 2.65. The molecule has 0 fully saturated rings. The molecule has 0 aliphatic heterocycles. The molecule has 1 amide bonds. The quantitative estimate of drug-likeness (QED) is 0.868. The number of ether oxygens (including phenoxy) is 1. The van der Waals surface area contributed by atoms with Crippen LogP contribution in [0, 0.1) is 0 Å². The number of H-pyrrole nitrogens is 1. The second-order valence-electron chi connectivity index (χ2n) is 3.95. The topological polar surface area (TPSA) is 71.2 Å². The highest BCUT2D eigenvalue weighted by atomic mass is 16.5. The molecule has 2 aromatic rings. The fourth-order valence-corrected chi connectivity index (χ4v) is 1.66. The summed E-state index contributed by atoms with van der Waals surface area (Å²) in [7, 11) is 1.58. The van der Waals surface area contributed by atoms with Crippen molar-refractivity contribution in [1.29, 1.82) is 0 Å². The van der Waals surface area contributed by atoms with Gasteiger partial charge in [-0.3, -0.25) is 9.59 Å². The van der Waals surface area contributed by atoms with Crippen molar-refractivity contribution in [2.75, 3.05) is 7.11 Å². The minimum atomic E-state index is -0.398. The molecular formula is C14H14N2O3. The maximum Gasteiger partial charge on any atom is 0.260 e. The number of hydrogen-bond acceptors (Lipinski definition) is 3. The normalized spacial score (nSPS) is 9.95. The molecule has 0 saturated heterocycles. The molecule has 0 aliphatic carbocycles. The Kier molecular flexibility index (Phi) is 3.97. The Hall–Kier alpha value is -2.56. The van der Waals surface area contributed by atoms with Crippen LogP contribution in [0.4, 0.5) is 0 Å². The average molecular weight is 258 g/mol. The van der Waals surface area contributed by atoms with Crippen LogP contribution in [0.2, 0.25) is 0 Å². The first kappa shape index (κ1) is 12.9. The van der Waals surface area contributed by atoms with Gasteiger partial charge in [0.2, 0.25) is 0 Å². The van der Waals surface area contributed by atoms with Crippen LogP contribution in [-0.4, -0.2) is 18.0 Å². The first-order valence-corrected chi connectivity index (χ1v) is 5.79. The Bertz CT molecular complexity index is 634. The Morgan fingerprint density at radius 1 is 1.32 bits per heavy atom. The molecule has 0 bridgehead atoms. The van der Waals surface area contributed by atoms with E-state index in [1.165, 1.54) is 12.3 Å². The molecule has 2 rings (SSSR count). The van der Waals surface area contributed by atoms with E-state index < -0.39 is 11.5 Å². The molecule has 1 aromatic carbocycles. The van der Waals surface area contributed by atoms with E-state index >= 15 is 0 Å². The van der Waals surface area contributed by atoms with E-state index in [-0.39, 0.29) is 5.56 Å². The number of methoxy groups -OCH3 is 1. The highest BCUT2D eigenvalue weighted by Gasteiger charge is 2.08. The second-order valence-corrected chi connectivity index (χ2v) is 3.95. The van der Waals surface area contributed by atoms with Crippen molar-refractivity contribution in [2.45, 2.75) is 6.54 Å². The van der Waals surface area contributed by atoms with Crippen LogP contribution in [-0.2, 0) is 6.54 Å². The SMILES string of the molecule is COc1cccc(CNC(=O)c2ccc[nH]c2=O)c1. The average Bonchev–Trinajstić information content (AvgIpc) is 2.45. The highest BCUT2D eigenvalue weighted by molar-refractivity contribution is 5.93. The molecule has 2 N–H and O–H groups in total. The Morgan fingerprint density at radius 2 is 2.16 bits per heavy atom. The van der Waals surface area contributed by atoms with Crippen LogP contribution in [0.15, 0.2) is 47.4 Å². The molecule has 0 atom stereocenters. The maximum atomic E-state index is 11.8. The van der Waals surface area contributed by atoms with Gasteiger partial charge in [-0.15, -0.1) is 0 Å². The van der Waals surface area contributed by atoms with Crippen molar-refractivity contribution >= 4 is 5.91 Å². The molecule has 98 valence electrons. The van der Waals surface area contributed by atoms with Gasteiger partial charge in [0, 0.05) is 12.7 Å². The summed E-state index contributed by atoms with van der Waals surface area (Å²) in [6, 6.07) is 10.5. The van der Waals surface area contributed by atoms with Crippen LogP contribution >= 0.6 is 0 Å². The summed E-state index contributed by atoms with van der Waals surface area (Å²) in [6.07, 6.45) is 1.49. The molecule has 0 spiro atoms. The summed E-state index contributed by atoms with van der Waals surface area (Å²) in [5, 5.41) is 2.69. The van der Waals surface area contributed by atoms with E-state index in [0.717, 1.165) is 11.3 Å². The van der Waals surface area contributed by atoms with E-state index in [9.17, 15) is 9.59 Å². The van der Waals surface area contributed by atoms with Crippen molar-refractivity contribution < 1.29 is 9.53 Å². The predicted octanol–water partition coefficient (Wildman–Crippen LogP) is 1.31. The number of benzene rings is 1. The van der Waals surface area contributed by atoms with Crippen molar-refractivity contribution in [2.24, 2.45) is 0 Å². The van der Waals surface area contributed by atoms with Crippen LogP contribution in [0.1, 0.15) is 15.9 Å². The number of pyridine rings is 1. The molecule has 0 saturated carbocycles. The standard InChI is InChI=1S/C14H14N2O3/c1-19-11-5-2-4-10(8-11)9-16-14(18)12-6-3-7-15-13(12)17/h2-8H,9H2,1H3,(H,15,17)(H,16,18). The van der Waals surface area contributed by atoms with E-state index in [4.69, 9.17) is 4.74 Å². The molecular weight excluding hydrogens is 244 g/mol. The van der Waals surface area contributed by atoms with E-state index in [1.54, 1.807) is 13.2 Å². The molecule has 1 heterocycles. The highest BCUT2D eigenvalue weighted by Crippen LogP contribution is 2.12. The zero-order chi connectivity index (χ0) is 13.7. The number of carbonyl (C=O) groups excluding carboxylic acids is 1. The van der Waals surface area contributed by atoms with Crippen molar-refractivity contribution in [3.8, 4) is 5.75 Å². The summed E-state index contributed by atoms with van der Waals surface area (Å²) in [5.74, 6) is 0.328. The van der Waals surface area contributed by atoms with Gasteiger partial charge in [0.05, 0.1) is 7.11 Å². The predicted molar refractivity (Wildman–Crippen MR) is 71.2 cm³/mol. The molecule has 0 unspecified atom stereocenters. The van der Waals surface area contributed by atoms with Crippen LogP contribution in [0.3, 0.4) is 0 Å².